The fourth-order valence-corrected chi connectivity index (χ4v) is 0.953. The third kappa shape index (κ3) is 8.51. The molecule has 0 aromatic carbocycles. The molecule has 0 radical (unpaired) electrons. The fraction of sp³-hybridized carbons (Fsp3) is 0.875. The minimum absolute atomic E-state index is 0. The zero-order valence-corrected chi connectivity index (χ0v) is 13.0. The standard InChI is InChI=1S/C8H16O2.BH3.Bi.3H/c1-3-5-6-7(4-2)8(9)10;;;;;/h7H,3-6H2,1-2H3,(H,9,10);1H3;;;;. The molecule has 1 unspecified atom stereocenters. The second kappa shape index (κ2) is 11.4. The van der Waals surface area contributed by atoms with Crippen LogP contribution in [0.4, 0.5) is 0 Å². The van der Waals surface area contributed by atoms with Crippen LogP contribution in [0.2, 0.25) is 0 Å². The molecule has 0 bridgehead atoms. The maximum absolute atomic E-state index is 10.4. The zero-order valence-electron chi connectivity index (χ0n) is 7.47. The summed E-state index contributed by atoms with van der Waals surface area (Å²) in [6.45, 7) is 4.00. The van der Waals surface area contributed by atoms with Crippen LogP contribution in [0.5, 0.6) is 0 Å². The van der Waals surface area contributed by atoms with E-state index in [4.69, 9.17) is 5.11 Å². The van der Waals surface area contributed by atoms with Gasteiger partial charge in [0.05, 0.1) is 14.3 Å². The zero-order chi connectivity index (χ0) is 7.98. The van der Waals surface area contributed by atoms with E-state index in [2.05, 4.69) is 6.92 Å². The first-order valence-electron chi connectivity index (χ1n) is 3.95. The summed E-state index contributed by atoms with van der Waals surface area (Å²) >= 11 is 0. The van der Waals surface area contributed by atoms with Gasteiger partial charge in [-0.3, -0.25) is 4.79 Å². The summed E-state index contributed by atoms with van der Waals surface area (Å²) in [5.74, 6) is -0.754. The van der Waals surface area contributed by atoms with E-state index in [1.54, 1.807) is 0 Å². The van der Waals surface area contributed by atoms with Gasteiger partial charge in [0.25, 0.3) is 0 Å². The summed E-state index contributed by atoms with van der Waals surface area (Å²) in [4.78, 5) is 10.4. The quantitative estimate of drug-likeness (QED) is 0.688. The van der Waals surface area contributed by atoms with Crippen molar-refractivity contribution in [1.29, 1.82) is 0 Å². The van der Waals surface area contributed by atoms with Gasteiger partial charge < -0.3 is 5.11 Å². The van der Waals surface area contributed by atoms with Crippen LogP contribution in [0.25, 0.3) is 0 Å². The van der Waals surface area contributed by atoms with Crippen molar-refractivity contribution in [3.8, 4) is 0 Å². The third-order valence-electron chi connectivity index (χ3n) is 1.75. The van der Waals surface area contributed by atoms with Gasteiger partial charge in [-0.2, -0.15) is 0 Å². The van der Waals surface area contributed by atoms with E-state index in [1.807, 2.05) is 6.92 Å². The number of hydrogen-bond donors (Lipinski definition) is 1. The van der Waals surface area contributed by atoms with Crippen molar-refractivity contribution in [2.75, 3.05) is 0 Å². The average molecular weight is 370 g/mol. The van der Waals surface area contributed by atoms with E-state index in [0.29, 0.717) is 0 Å². The molecule has 0 aromatic heterocycles. The van der Waals surface area contributed by atoms with Crippen molar-refractivity contribution >= 4 is 40.6 Å². The summed E-state index contributed by atoms with van der Waals surface area (Å²) < 4.78 is 0. The molecule has 74 valence electrons. The predicted molar refractivity (Wildman–Crippen MR) is 60.8 cm³/mol. The van der Waals surface area contributed by atoms with E-state index in [1.165, 1.54) is 0 Å². The van der Waals surface area contributed by atoms with Crippen molar-refractivity contribution in [2.45, 2.75) is 39.5 Å². The molecule has 0 aromatic rings. The molecule has 0 spiro atoms. The normalized spacial score (nSPS) is 10.8. The Morgan fingerprint density at radius 1 is 1.42 bits per heavy atom. The van der Waals surface area contributed by atoms with Gasteiger partial charge in [0, 0.05) is 0 Å². The first-order valence-corrected chi connectivity index (χ1v) is 3.95. The molecule has 0 aliphatic carbocycles. The first-order chi connectivity index (χ1) is 4.72. The van der Waals surface area contributed by atoms with Crippen molar-refractivity contribution in [3.05, 3.63) is 0 Å². The SMILES string of the molecule is B.CCCCC(CC)C(=O)O.[BiH3]. The monoisotopic (exact) mass is 370 g/mol. The van der Waals surface area contributed by atoms with Crippen LogP contribution in [0, 0.1) is 5.92 Å². The number of unbranched alkanes of at least 4 members (excludes halogenated alkanes) is 1. The van der Waals surface area contributed by atoms with Crippen LogP contribution in [0.15, 0.2) is 0 Å². The van der Waals surface area contributed by atoms with Crippen LogP contribution >= 0.6 is 0 Å². The third-order valence-corrected chi connectivity index (χ3v) is 1.75. The molecule has 0 heterocycles. The molecular formula is C8H22BBiO2. The Hall–Kier alpha value is 0.418. The number of carboxylic acids is 1. The molecule has 12 heavy (non-hydrogen) atoms. The second-order valence-electron chi connectivity index (χ2n) is 2.59. The molecule has 0 amide bonds. The van der Waals surface area contributed by atoms with E-state index in [-0.39, 0.29) is 40.5 Å². The van der Waals surface area contributed by atoms with Gasteiger partial charge in [0.2, 0.25) is 0 Å². The van der Waals surface area contributed by atoms with E-state index in [0.717, 1.165) is 25.7 Å². The number of rotatable bonds is 5. The minimum atomic E-state index is -0.643. The molecule has 0 saturated carbocycles. The van der Waals surface area contributed by atoms with Crippen LogP contribution in [-0.2, 0) is 4.79 Å². The van der Waals surface area contributed by atoms with E-state index >= 15 is 0 Å². The molecule has 2 nitrogen and oxygen atoms in total. The molecular weight excluding hydrogens is 348 g/mol. The number of carbonyl (C=O) groups is 1. The number of carboxylic acid groups (broad SMARTS) is 1. The van der Waals surface area contributed by atoms with Crippen LogP contribution in [-0.4, -0.2) is 45.7 Å². The summed E-state index contributed by atoms with van der Waals surface area (Å²) in [6, 6.07) is 0. The molecule has 0 aliphatic heterocycles. The number of hydrogen-bond acceptors (Lipinski definition) is 1. The molecule has 0 rings (SSSR count). The van der Waals surface area contributed by atoms with E-state index < -0.39 is 5.97 Å². The van der Waals surface area contributed by atoms with E-state index in [9.17, 15) is 4.79 Å². The van der Waals surface area contributed by atoms with Gasteiger partial charge in [0.15, 0.2) is 0 Å². The van der Waals surface area contributed by atoms with Crippen LogP contribution in [0.3, 0.4) is 0 Å². The maximum atomic E-state index is 10.4. The van der Waals surface area contributed by atoms with Gasteiger partial charge in [-0.05, 0) is 12.8 Å². The van der Waals surface area contributed by atoms with Gasteiger partial charge in [-0.1, -0.05) is 26.7 Å². The number of aliphatic carboxylic acids is 1. The molecule has 0 saturated heterocycles. The Morgan fingerprint density at radius 3 is 2.17 bits per heavy atom. The summed E-state index contributed by atoms with van der Waals surface area (Å²) in [5.41, 5.74) is 0. The van der Waals surface area contributed by atoms with Crippen molar-refractivity contribution in [2.24, 2.45) is 5.92 Å². The molecule has 4 heteroatoms. The van der Waals surface area contributed by atoms with Crippen molar-refractivity contribution in [1.82, 2.24) is 0 Å². The Balaban J connectivity index is -0.000000405. The van der Waals surface area contributed by atoms with Crippen LogP contribution in [0.1, 0.15) is 39.5 Å². The van der Waals surface area contributed by atoms with Gasteiger partial charge in [0.1, 0.15) is 0 Å². The molecule has 1 N–H and O–H groups in total. The molecule has 0 aliphatic rings. The van der Waals surface area contributed by atoms with Crippen molar-refractivity contribution in [3.63, 3.8) is 0 Å². The van der Waals surface area contributed by atoms with Crippen molar-refractivity contribution < 1.29 is 9.90 Å². The fourth-order valence-electron chi connectivity index (χ4n) is 0.953. The Morgan fingerprint density at radius 2 is 1.92 bits per heavy atom. The summed E-state index contributed by atoms with van der Waals surface area (Å²) in [5, 5.41) is 8.60. The Bertz CT molecular complexity index is 109. The van der Waals surface area contributed by atoms with Crippen LogP contribution < -0.4 is 0 Å². The summed E-state index contributed by atoms with van der Waals surface area (Å²) in [7, 11) is 0. The first kappa shape index (κ1) is 18.3. The molecule has 1 atom stereocenters. The van der Waals surface area contributed by atoms with Gasteiger partial charge in [-0.25, -0.2) is 0 Å². The predicted octanol–water partition coefficient (Wildman–Crippen LogP) is -0.0804. The Labute approximate surface area is 95.8 Å². The Kier molecular flexibility index (Phi) is 17.4. The second-order valence-corrected chi connectivity index (χ2v) is 2.59. The van der Waals surface area contributed by atoms with Gasteiger partial charge in [-0.15, -0.1) is 0 Å². The topological polar surface area (TPSA) is 37.3 Å². The molecule has 0 fully saturated rings. The average Bonchev–Trinajstić information content (AvgIpc) is 1.89. The van der Waals surface area contributed by atoms with Gasteiger partial charge >= 0.3 is 32.2 Å². The summed E-state index contributed by atoms with van der Waals surface area (Å²) in [6.07, 6.45) is 3.71.